The first kappa shape index (κ1) is 16.9. The van der Waals surface area contributed by atoms with Gasteiger partial charge in [-0.3, -0.25) is 0 Å². The molecular weight excluding hydrogens is 344 g/mol. The second-order valence-electron chi connectivity index (χ2n) is 6.25. The van der Waals surface area contributed by atoms with Gasteiger partial charge >= 0.3 is 0 Å². The fourth-order valence-electron chi connectivity index (χ4n) is 3.64. The van der Waals surface area contributed by atoms with Crippen LogP contribution in [-0.4, -0.2) is 23.8 Å². The average molecular weight is 369 g/mol. The van der Waals surface area contributed by atoms with E-state index in [2.05, 4.69) is 84.3 Å². The monoisotopic (exact) mass is 368 g/mol. The van der Waals surface area contributed by atoms with E-state index >= 15 is 0 Å². The number of benzene rings is 2. The van der Waals surface area contributed by atoms with Crippen LogP contribution in [0.3, 0.4) is 0 Å². The van der Waals surface area contributed by atoms with Gasteiger partial charge in [0.25, 0.3) is 0 Å². The van der Waals surface area contributed by atoms with Gasteiger partial charge in [0.05, 0.1) is 22.1 Å². The third-order valence-corrected chi connectivity index (χ3v) is 7.41. The van der Waals surface area contributed by atoms with Crippen molar-refractivity contribution in [3.8, 4) is 0 Å². The molecule has 0 aliphatic carbocycles. The molecule has 4 heteroatoms. The van der Waals surface area contributed by atoms with Crippen LogP contribution in [0, 0.1) is 0 Å². The summed E-state index contributed by atoms with van der Waals surface area (Å²) in [7, 11) is 0. The van der Waals surface area contributed by atoms with Gasteiger partial charge < -0.3 is 9.80 Å². The highest BCUT2D eigenvalue weighted by Crippen LogP contribution is 2.45. The summed E-state index contributed by atoms with van der Waals surface area (Å²) in [4.78, 5) is 7.83. The molecule has 2 heterocycles. The minimum absolute atomic E-state index is 0.422. The molecule has 2 aromatic carbocycles. The molecular formula is C21H24N2S2. The number of thioether (sulfide) groups is 2. The fourth-order valence-corrected chi connectivity index (χ4v) is 6.29. The Kier molecular flexibility index (Phi) is 5.00. The molecule has 0 aromatic heterocycles. The molecule has 2 aliphatic heterocycles. The van der Waals surface area contributed by atoms with Gasteiger partial charge in [0.2, 0.25) is 0 Å². The lowest BCUT2D eigenvalue weighted by atomic mass is 10.2. The van der Waals surface area contributed by atoms with Crippen LogP contribution in [0.1, 0.15) is 20.3 Å². The normalized spacial score (nSPS) is 21.8. The molecule has 0 amide bonds. The Balaban J connectivity index is 1.44. The van der Waals surface area contributed by atoms with Crippen LogP contribution in [0.4, 0.5) is 11.4 Å². The Morgan fingerprint density at radius 3 is 2.12 bits per heavy atom. The zero-order chi connectivity index (χ0) is 17.2. The van der Waals surface area contributed by atoms with Crippen molar-refractivity contribution in [1.29, 1.82) is 0 Å². The maximum Gasteiger partial charge on any atom is 0.0982 e. The van der Waals surface area contributed by atoms with Crippen LogP contribution in [-0.2, 0) is 0 Å². The van der Waals surface area contributed by atoms with E-state index in [1.165, 1.54) is 21.2 Å². The van der Waals surface area contributed by atoms with Crippen LogP contribution in [0.15, 0.2) is 70.5 Å². The zero-order valence-corrected chi connectivity index (χ0v) is 16.4. The first-order chi connectivity index (χ1) is 12.3. The Bertz CT molecular complexity index is 774. The van der Waals surface area contributed by atoms with Gasteiger partial charge in [-0.2, -0.15) is 0 Å². The number of anilines is 2. The Labute approximate surface area is 159 Å². The summed E-state index contributed by atoms with van der Waals surface area (Å²) < 4.78 is 0. The van der Waals surface area contributed by atoms with Gasteiger partial charge in [-0.1, -0.05) is 59.9 Å². The molecule has 4 rings (SSSR count). The van der Waals surface area contributed by atoms with E-state index in [1.54, 1.807) is 0 Å². The van der Waals surface area contributed by atoms with E-state index in [4.69, 9.17) is 0 Å². The summed E-state index contributed by atoms with van der Waals surface area (Å²) in [5, 5.41) is 0.939. The van der Waals surface area contributed by atoms with Gasteiger partial charge in [-0.15, -0.1) is 0 Å². The molecule has 2 aromatic rings. The molecule has 0 N–H and O–H groups in total. The highest BCUT2D eigenvalue weighted by Gasteiger charge is 2.29. The van der Waals surface area contributed by atoms with Crippen molar-refractivity contribution in [2.24, 2.45) is 0 Å². The molecule has 2 nitrogen and oxygen atoms in total. The van der Waals surface area contributed by atoms with Crippen LogP contribution < -0.4 is 9.80 Å². The van der Waals surface area contributed by atoms with Gasteiger partial charge in [0.1, 0.15) is 0 Å². The number of para-hydroxylation sites is 2. The predicted molar refractivity (Wildman–Crippen MR) is 112 cm³/mol. The van der Waals surface area contributed by atoms with E-state index in [-0.39, 0.29) is 0 Å². The molecule has 2 unspecified atom stereocenters. The first-order valence-electron chi connectivity index (χ1n) is 9.03. The molecule has 2 aliphatic rings. The van der Waals surface area contributed by atoms with Crippen LogP contribution in [0.25, 0.3) is 0 Å². The van der Waals surface area contributed by atoms with Crippen LogP contribution in [0.2, 0.25) is 0 Å². The van der Waals surface area contributed by atoms with E-state index in [0.717, 1.165) is 19.5 Å². The standard InChI is InChI=1S/C21H24N2S2/c1-3-22-16-10-5-7-12-18(16)24-20(22)14-9-15-21-23(4-2)17-11-6-8-13-19(17)25-21/h5-14,20-21H,3-4,15H2,1-2H3. The fraction of sp³-hybridized carbons (Fsp3) is 0.333. The SMILES string of the molecule is CCN1c2ccccc2SC1C=CCC1Sc2ccccc2N1CC. The van der Waals surface area contributed by atoms with Crippen LogP contribution >= 0.6 is 23.5 Å². The number of nitrogens with zero attached hydrogens (tertiary/aromatic N) is 2. The third-order valence-electron chi connectivity index (χ3n) is 4.83. The van der Waals surface area contributed by atoms with Crippen molar-refractivity contribution in [1.82, 2.24) is 0 Å². The van der Waals surface area contributed by atoms with Crippen molar-refractivity contribution in [2.45, 2.75) is 40.8 Å². The minimum Gasteiger partial charge on any atom is -0.358 e. The maximum absolute atomic E-state index is 2.53. The Morgan fingerprint density at radius 1 is 0.840 bits per heavy atom. The summed E-state index contributed by atoms with van der Waals surface area (Å²) >= 11 is 3.96. The molecule has 0 bridgehead atoms. The number of hydrogen-bond acceptors (Lipinski definition) is 4. The molecule has 0 spiro atoms. The maximum atomic E-state index is 2.53. The van der Waals surface area contributed by atoms with Crippen molar-refractivity contribution in [2.75, 3.05) is 22.9 Å². The highest BCUT2D eigenvalue weighted by molar-refractivity contribution is 8.00. The minimum atomic E-state index is 0.422. The zero-order valence-electron chi connectivity index (χ0n) is 14.8. The van der Waals surface area contributed by atoms with Crippen molar-refractivity contribution < 1.29 is 0 Å². The lowest BCUT2D eigenvalue weighted by molar-refractivity contribution is 0.783. The molecule has 130 valence electrons. The lowest BCUT2D eigenvalue weighted by Crippen LogP contribution is -2.29. The van der Waals surface area contributed by atoms with Gasteiger partial charge in [-0.05, 0) is 44.5 Å². The quantitative estimate of drug-likeness (QED) is 0.611. The Hall–Kier alpha value is -1.52. The first-order valence-corrected chi connectivity index (χ1v) is 10.8. The largest absolute Gasteiger partial charge is 0.358 e. The van der Waals surface area contributed by atoms with Gasteiger partial charge in [-0.25, -0.2) is 0 Å². The number of rotatable bonds is 5. The molecule has 2 atom stereocenters. The topological polar surface area (TPSA) is 6.48 Å². The van der Waals surface area contributed by atoms with E-state index < -0.39 is 0 Å². The molecule has 0 saturated carbocycles. The molecule has 0 saturated heterocycles. The summed E-state index contributed by atoms with van der Waals surface area (Å²) in [6, 6.07) is 17.5. The van der Waals surface area contributed by atoms with E-state index in [0.29, 0.717) is 10.7 Å². The smallest absolute Gasteiger partial charge is 0.0982 e. The summed E-state index contributed by atoms with van der Waals surface area (Å²) in [6.45, 7) is 6.60. The second kappa shape index (κ2) is 7.38. The van der Waals surface area contributed by atoms with Gasteiger partial charge in [0, 0.05) is 22.9 Å². The average Bonchev–Trinajstić information content (AvgIpc) is 3.18. The lowest BCUT2D eigenvalue weighted by Gasteiger charge is -2.25. The third kappa shape index (κ3) is 3.18. The van der Waals surface area contributed by atoms with Crippen molar-refractivity contribution in [3.05, 3.63) is 60.7 Å². The molecule has 0 radical (unpaired) electrons. The van der Waals surface area contributed by atoms with Crippen molar-refractivity contribution >= 4 is 34.9 Å². The van der Waals surface area contributed by atoms with E-state index in [9.17, 15) is 0 Å². The second-order valence-corrected chi connectivity index (χ2v) is 8.63. The summed E-state index contributed by atoms with van der Waals surface area (Å²) in [6.07, 6.45) is 5.86. The molecule has 25 heavy (non-hydrogen) atoms. The number of likely N-dealkylation sites (N-methyl/N-ethyl adjacent to an activating group) is 1. The number of fused-ring (bicyclic) bond motifs is 2. The number of hydrogen-bond donors (Lipinski definition) is 0. The highest BCUT2D eigenvalue weighted by atomic mass is 32.2. The molecule has 0 fully saturated rings. The van der Waals surface area contributed by atoms with Gasteiger partial charge in [0.15, 0.2) is 0 Å². The summed E-state index contributed by atoms with van der Waals surface area (Å²) in [5.41, 5.74) is 2.77. The predicted octanol–water partition coefficient (Wildman–Crippen LogP) is 5.85. The summed E-state index contributed by atoms with van der Waals surface area (Å²) in [5.74, 6) is 0. The van der Waals surface area contributed by atoms with Crippen molar-refractivity contribution in [3.63, 3.8) is 0 Å². The van der Waals surface area contributed by atoms with E-state index in [1.807, 2.05) is 23.5 Å². The Morgan fingerprint density at radius 2 is 1.44 bits per heavy atom. The van der Waals surface area contributed by atoms with Crippen LogP contribution in [0.5, 0.6) is 0 Å².